The predicted molar refractivity (Wildman–Crippen MR) is 78.4 cm³/mol. The van der Waals surface area contributed by atoms with Crippen molar-refractivity contribution in [3.63, 3.8) is 0 Å². The smallest absolute Gasteiger partial charge is 0.255 e. The van der Waals surface area contributed by atoms with E-state index in [2.05, 4.69) is 10.3 Å². The number of hydrogen-bond acceptors (Lipinski definition) is 3. The van der Waals surface area contributed by atoms with Crippen molar-refractivity contribution in [1.29, 1.82) is 0 Å². The SMILES string of the molecule is CNC(=O)CCN(C)C(=O)c1c[nH]c2cc(N)ccc12. The van der Waals surface area contributed by atoms with Crippen LogP contribution in [0.2, 0.25) is 0 Å². The Bertz CT molecular complexity index is 648. The van der Waals surface area contributed by atoms with Crippen LogP contribution in [0.3, 0.4) is 0 Å². The number of nitrogen functional groups attached to an aromatic ring is 1. The van der Waals surface area contributed by atoms with E-state index in [4.69, 9.17) is 5.73 Å². The van der Waals surface area contributed by atoms with E-state index < -0.39 is 0 Å². The molecule has 0 saturated carbocycles. The molecule has 2 amide bonds. The number of nitrogens with one attached hydrogen (secondary N) is 2. The summed E-state index contributed by atoms with van der Waals surface area (Å²) in [6.07, 6.45) is 1.96. The molecule has 1 aromatic carbocycles. The zero-order valence-electron chi connectivity index (χ0n) is 11.6. The molecule has 0 unspecified atom stereocenters. The average molecular weight is 274 g/mol. The van der Waals surface area contributed by atoms with Crippen LogP contribution in [0, 0.1) is 0 Å². The number of fused-ring (bicyclic) bond motifs is 1. The number of aromatic nitrogens is 1. The molecule has 0 saturated heterocycles. The van der Waals surface area contributed by atoms with Crippen molar-refractivity contribution in [1.82, 2.24) is 15.2 Å². The van der Waals surface area contributed by atoms with Gasteiger partial charge >= 0.3 is 0 Å². The van der Waals surface area contributed by atoms with E-state index >= 15 is 0 Å². The third-order valence-corrected chi connectivity index (χ3v) is 3.24. The number of nitrogens with zero attached hydrogens (tertiary/aromatic N) is 1. The number of rotatable bonds is 4. The molecule has 6 nitrogen and oxygen atoms in total. The van der Waals surface area contributed by atoms with Crippen LogP contribution in [0.25, 0.3) is 10.9 Å². The van der Waals surface area contributed by atoms with Gasteiger partial charge in [-0.15, -0.1) is 0 Å². The molecule has 0 bridgehead atoms. The van der Waals surface area contributed by atoms with E-state index in [0.29, 0.717) is 17.8 Å². The molecule has 4 N–H and O–H groups in total. The Labute approximate surface area is 116 Å². The molecule has 0 atom stereocenters. The highest BCUT2D eigenvalue weighted by atomic mass is 16.2. The number of aromatic amines is 1. The number of benzene rings is 1. The summed E-state index contributed by atoms with van der Waals surface area (Å²) in [4.78, 5) is 28.1. The van der Waals surface area contributed by atoms with Gasteiger partial charge in [0.05, 0.1) is 5.56 Å². The summed E-state index contributed by atoms with van der Waals surface area (Å²) in [5.41, 5.74) is 7.76. The molecule has 0 aliphatic rings. The minimum absolute atomic E-state index is 0.0867. The molecule has 0 aliphatic heterocycles. The lowest BCUT2D eigenvalue weighted by Gasteiger charge is -2.16. The monoisotopic (exact) mass is 274 g/mol. The molecule has 0 fully saturated rings. The summed E-state index contributed by atoms with van der Waals surface area (Å²) < 4.78 is 0. The lowest BCUT2D eigenvalue weighted by atomic mass is 10.1. The number of nitrogens with two attached hydrogens (primary N) is 1. The quantitative estimate of drug-likeness (QED) is 0.725. The molecule has 1 aromatic heterocycles. The normalized spacial score (nSPS) is 10.5. The van der Waals surface area contributed by atoms with Crippen molar-refractivity contribution < 1.29 is 9.59 Å². The fourth-order valence-corrected chi connectivity index (χ4v) is 2.02. The Balaban J connectivity index is 2.16. The zero-order valence-corrected chi connectivity index (χ0v) is 11.6. The molecular weight excluding hydrogens is 256 g/mol. The van der Waals surface area contributed by atoms with Crippen LogP contribution < -0.4 is 11.1 Å². The lowest BCUT2D eigenvalue weighted by molar-refractivity contribution is -0.120. The summed E-state index contributed by atoms with van der Waals surface area (Å²) in [6, 6.07) is 5.37. The Morgan fingerprint density at radius 3 is 2.85 bits per heavy atom. The van der Waals surface area contributed by atoms with Crippen LogP contribution in [0.4, 0.5) is 5.69 Å². The second-order valence-electron chi connectivity index (χ2n) is 4.66. The predicted octanol–water partition coefficient (Wildman–Crippen LogP) is 0.958. The van der Waals surface area contributed by atoms with E-state index in [9.17, 15) is 9.59 Å². The summed E-state index contributed by atoms with van der Waals surface area (Å²) in [7, 11) is 3.26. The maximum Gasteiger partial charge on any atom is 0.255 e. The number of amides is 2. The minimum atomic E-state index is -0.120. The first-order valence-electron chi connectivity index (χ1n) is 6.35. The van der Waals surface area contributed by atoms with Crippen LogP contribution in [0.1, 0.15) is 16.8 Å². The van der Waals surface area contributed by atoms with Crippen LogP contribution >= 0.6 is 0 Å². The van der Waals surface area contributed by atoms with Gasteiger partial charge in [0, 0.05) is 49.8 Å². The van der Waals surface area contributed by atoms with E-state index in [1.54, 1.807) is 32.4 Å². The number of H-pyrrole nitrogens is 1. The molecule has 0 aliphatic carbocycles. The molecule has 20 heavy (non-hydrogen) atoms. The van der Waals surface area contributed by atoms with Crippen LogP contribution in [-0.4, -0.2) is 42.3 Å². The Morgan fingerprint density at radius 1 is 1.40 bits per heavy atom. The third-order valence-electron chi connectivity index (χ3n) is 3.24. The topological polar surface area (TPSA) is 91.2 Å². The van der Waals surface area contributed by atoms with Crippen LogP contribution in [0.15, 0.2) is 24.4 Å². The fraction of sp³-hybridized carbons (Fsp3) is 0.286. The first-order chi connectivity index (χ1) is 9.52. The molecule has 0 radical (unpaired) electrons. The second-order valence-corrected chi connectivity index (χ2v) is 4.66. The van der Waals surface area contributed by atoms with Gasteiger partial charge in [-0.1, -0.05) is 0 Å². The van der Waals surface area contributed by atoms with Crippen molar-refractivity contribution in [2.45, 2.75) is 6.42 Å². The molecule has 106 valence electrons. The standard InChI is InChI=1S/C14H18N4O2/c1-16-13(19)5-6-18(2)14(20)11-8-17-12-7-9(15)3-4-10(11)12/h3-4,7-8,17H,5-6,15H2,1-2H3,(H,16,19). The van der Waals surface area contributed by atoms with Gasteiger partial charge in [-0.25, -0.2) is 0 Å². The van der Waals surface area contributed by atoms with Crippen LogP contribution in [0.5, 0.6) is 0 Å². The molecule has 2 rings (SSSR count). The number of hydrogen-bond donors (Lipinski definition) is 3. The van der Waals surface area contributed by atoms with E-state index in [1.807, 2.05) is 6.07 Å². The van der Waals surface area contributed by atoms with Crippen molar-refractivity contribution >= 4 is 28.4 Å². The van der Waals surface area contributed by atoms with E-state index in [0.717, 1.165) is 10.9 Å². The maximum atomic E-state index is 12.3. The number of carbonyl (C=O) groups is 2. The first kappa shape index (κ1) is 13.9. The largest absolute Gasteiger partial charge is 0.399 e. The van der Waals surface area contributed by atoms with Gasteiger partial charge in [0.15, 0.2) is 0 Å². The minimum Gasteiger partial charge on any atom is -0.399 e. The Hall–Kier alpha value is -2.50. The van der Waals surface area contributed by atoms with Gasteiger partial charge in [0.25, 0.3) is 5.91 Å². The molecule has 1 heterocycles. The van der Waals surface area contributed by atoms with Crippen molar-refractivity contribution in [2.75, 3.05) is 26.4 Å². The Kier molecular flexibility index (Phi) is 3.93. The van der Waals surface area contributed by atoms with Gasteiger partial charge in [0.1, 0.15) is 0 Å². The van der Waals surface area contributed by atoms with E-state index in [1.165, 1.54) is 4.90 Å². The molecule has 6 heteroatoms. The highest BCUT2D eigenvalue weighted by molar-refractivity contribution is 6.07. The van der Waals surface area contributed by atoms with Gasteiger partial charge in [-0.3, -0.25) is 9.59 Å². The van der Waals surface area contributed by atoms with Gasteiger partial charge in [-0.2, -0.15) is 0 Å². The fourth-order valence-electron chi connectivity index (χ4n) is 2.02. The summed E-state index contributed by atoms with van der Waals surface area (Å²) in [5.74, 6) is -0.207. The highest BCUT2D eigenvalue weighted by Crippen LogP contribution is 2.21. The average Bonchev–Trinajstić information content (AvgIpc) is 2.86. The lowest BCUT2D eigenvalue weighted by Crippen LogP contribution is -2.31. The molecule has 2 aromatic rings. The maximum absolute atomic E-state index is 12.3. The van der Waals surface area contributed by atoms with Gasteiger partial charge in [-0.05, 0) is 18.2 Å². The summed E-state index contributed by atoms with van der Waals surface area (Å²) in [6.45, 7) is 0.375. The highest BCUT2D eigenvalue weighted by Gasteiger charge is 2.16. The van der Waals surface area contributed by atoms with Gasteiger partial charge < -0.3 is 20.9 Å². The van der Waals surface area contributed by atoms with Crippen molar-refractivity contribution in [2.24, 2.45) is 0 Å². The number of carbonyl (C=O) groups excluding carboxylic acids is 2. The Morgan fingerprint density at radius 2 is 2.15 bits per heavy atom. The van der Waals surface area contributed by atoms with Crippen molar-refractivity contribution in [3.05, 3.63) is 30.0 Å². The zero-order chi connectivity index (χ0) is 14.7. The second kappa shape index (κ2) is 5.64. The molecular formula is C14H18N4O2. The number of anilines is 1. The van der Waals surface area contributed by atoms with Crippen LogP contribution in [-0.2, 0) is 4.79 Å². The summed E-state index contributed by atoms with van der Waals surface area (Å²) >= 11 is 0. The molecule has 0 spiro atoms. The van der Waals surface area contributed by atoms with Gasteiger partial charge in [0.2, 0.25) is 5.91 Å². The first-order valence-corrected chi connectivity index (χ1v) is 6.35. The van der Waals surface area contributed by atoms with E-state index in [-0.39, 0.29) is 18.2 Å². The van der Waals surface area contributed by atoms with Crippen molar-refractivity contribution in [3.8, 4) is 0 Å². The summed E-state index contributed by atoms with van der Waals surface area (Å²) in [5, 5.41) is 3.36. The third kappa shape index (κ3) is 2.74.